The molecule has 3 N–H and O–H groups in total. The second-order valence-corrected chi connectivity index (χ2v) is 12.8. The van der Waals surface area contributed by atoms with Gasteiger partial charge in [-0.15, -0.1) is 0 Å². The lowest BCUT2D eigenvalue weighted by molar-refractivity contribution is -0.140. The highest BCUT2D eigenvalue weighted by Crippen LogP contribution is 2.28. The number of hydrogen-bond acceptors (Lipinski definition) is 8. The molecular weight excluding hydrogens is 634 g/mol. The zero-order valence-electron chi connectivity index (χ0n) is 29.1. The molecule has 4 rings (SSSR count). The van der Waals surface area contributed by atoms with E-state index in [9.17, 15) is 24.3 Å². The van der Waals surface area contributed by atoms with Crippen molar-refractivity contribution in [1.29, 1.82) is 0 Å². The van der Waals surface area contributed by atoms with Crippen LogP contribution in [0.2, 0.25) is 0 Å². The molecule has 1 aliphatic carbocycles. The minimum Gasteiger partial charge on any atom is -0.465 e. The number of aliphatic hydroxyl groups excluding tert-OH is 1. The van der Waals surface area contributed by atoms with Crippen LogP contribution in [0.3, 0.4) is 0 Å². The van der Waals surface area contributed by atoms with Gasteiger partial charge in [0, 0.05) is 61.9 Å². The molecule has 1 aromatic carbocycles. The highest BCUT2D eigenvalue weighted by molar-refractivity contribution is 5.98. The van der Waals surface area contributed by atoms with Crippen LogP contribution in [0.1, 0.15) is 55.1 Å². The third-order valence-electron chi connectivity index (χ3n) is 9.62. The number of aliphatic hydroxyl groups is 1. The van der Waals surface area contributed by atoms with Gasteiger partial charge in [-0.1, -0.05) is 19.3 Å². The fraction of sp³-hybridized carbons (Fsp3) is 0.657. The predicted molar refractivity (Wildman–Crippen MR) is 182 cm³/mol. The fourth-order valence-electron chi connectivity index (χ4n) is 6.57. The average molecular weight is 688 g/mol. The molecule has 4 amide bonds. The molecule has 1 aromatic heterocycles. The van der Waals surface area contributed by atoms with Crippen LogP contribution in [0.4, 0.5) is 4.79 Å². The molecule has 0 bridgehead atoms. The Balaban J connectivity index is 1.29. The van der Waals surface area contributed by atoms with Gasteiger partial charge in [-0.05, 0) is 56.9 Å². The van der Waals surface area contributed by atoms with E-state index in [0.717, 1.165) is 53.6 Å². The standard InChI is InChI=1S/C35H53N5O9/c1-25-23-29-24-28(9-10-30(29)40(25)15-17-47-19-21-49-22-20-48-18-16-41)33(43)38-11-13-39(14-12-38)34(44)31(27-7-5-4-6-8-27)36-32(42)26(2)37(3)35(45)46/h9-10,23-24,26-27,31,41H,4-8,11-22H2,1-3H3,(H,36,42)(H,45,46)/t26-,31-/m0/s1. The predicted octanol–water partition coefficient (Wildman–Crippen LogP) is 2.34. The van der Waals surface area contributed by atoms with Crippen molar-refractivity contribution in [2.75, 3.05) is 79.5 Å². The van der Waals surface area contributed by atoms with Gasteiger partial charge in [-0.3, -0.25) is 19.3 Å². The first-order valence-electron chi connectivity index (χ1n) is 17.4. The summed E-state index contributed by atoms with van der Waals surface area (Å²) in [6.45, 7) is 8.32. The second-order valence-electron chi connectivity index (χ2n) is 12.8. The molecular formula is C35H53N5O9. The number of rotatable bonds is 17. The number of likely N-dealkylation sites (N-methyl/N-ethyl adjacent to an activating group) is 1. The third kappa shape index (κ3) is 10.4. The monoisotopic (exact) mass is 687 g/mol. The Labute approximate surface area is 288 Å². The van der Waals surface area contributed by atoms with Crippen molar-refractivity contribution >= 4 is 34.7 Å². The van der Waals surface area contributed by atoms with Crippen molar-refractivity contribution < 1.29 is 43.6 Å². The number of piperazine rings is 1. The number of fused-ring (bicyclic) bond motifs is 1. The number of benzene rings is 1. The quantitative estimate of drug-likeness (QED) is 0.212. The summed E-state index contributed by atoms with van der Waals surface area (Å²) in [5, 5.41) is 21.9. The number of amides is 4. The van der Waals surface area contributed by atoms with Crippen molar-refractivity contribution in [1.82, 2.24) is 24.6 Å². The molecule has 272 valence electrons. The van der Waals surface area contributed by atoms with E-state index < -0.39 is 24.1 Å². The van der Waals surface area contributed by atoms with Gasteiger partial charge in [-0.25, -0.2) is 4.79 Å². The van der Waals surface area contributed by atoms with E-state index in [1.54, 1.807) is 9.80 Å². The molecule has 0 radical (unpaired) electrons. The minimum atomic E-state index is -1.21. The van der Waals surface area contributed by atoms with Gasteiger partial charge in [-0.2, -0.15) is 0 Å². The maximum absolute atomic E-state index is 13.8. The van der Waals surface area contributed by atoms with Gasteiger partial charge in [0.2, 0.25) is 11.8 Å². The van der Waals surface area contributed by atoms with Crippen molar-refractivity contribution in [3.63, 3.8) is 0 Å². The van der Waals surface area contributed by atoms with Crippen LogP contribution in [-0.4, -0.2) is 145 Å². The van der Waals surface area contributed by atoms with E-state index in [1.165, 1.54) is 14.0 Å². The molecule has 2 heterocycles. The van der Waals surface area contributed by atoms with Crippen molar-refractivity contribution in [3.05, 3.63) is 35.5 Å². The molecule has 2 atom stereocenters. The van der Waals surface area contributed by atoms with Crippen LogP contribution in [0.5, 0.6) is 0 Å². The lowest BCUT2D eigenvalue weighted by Crippen LogP contribution is -2.59. The first kappa shape index (κ1) is 38.1. The number of nitrogens with zero attached hydrogens (tertiary/aromatic N) is 4. The summed E-state index contributed by atoms with van der Waals surface area (Å²) in [4.78, 5) is 56.2. The maximum atomic E-state index is 13.8. The molecule has 1 saturated heterocycles. The van der Waals surface area contributed by atoms with Gasteiger partial charge in [0.25, 0.3) is 5.91 Å². The molecule has 0 spiro atoms. The lowest BCUT2D eigenvalue weighted by Gasteiger charge is -2.39. The molecule has 49 heavy (non-hydrogen) atoms. The largest absolute Gasteiger partial charge is 0.465 e. The van der Waals surface area contributed by atoms with E-state index in [1.807, 2.05) is 25.1 Å². The van der Waals surface area contributed by atoms with Gasteiger partial charge in [0.05, 0.1) is 46.2 Å². The minimum absolute atomic E-state index is 0.000884. The first-order valence-corrected chi connectivity index (χ1v) is 17.4. The summed E-state index contributed by atoms with van der Waals surface area (Å²) in [6.07, 6.45) is 3.50. The number of hydrogen-bond donors (Lipinski definition) is 3. The zero-order chi connectivity index (χ0) is 35.3. The van der Waals surface area contributed by atoms with Crippen LogP contribution in [0.15, 0.2) is 24.3 Å². The van der Waals surface area contributed by atoms with Crippen LogP contribution in [0, 0.1) is 12.8 Å². The Hall–Kier alpha value is -3.72. The summed E-state index contributed by atoms with van der Waals surface area (Å²) in [5.41, 5.74) is 2.67. The van der Waals surface area contributed by atoms with Gasteiger partial charge in [0.1, 0.15) is 12.1 Å². The SMILES string of the molecule is Cc1cc2cc(C(=O)N3CCN(C(=O)[C@@H](NC(=O)[C@H](C)N(C)C(=O)O)C4CCCCC4)CC3)ccc2n1CCOCCOCCOCCO. The highest BCUT2D eigenvalue weighted by Gasteiger charge is 2.37. The second kappa shape index (κ2) is 18.9. The smallest absolute Gasteiger partial charge is 0.407 e. The first-order chi connectivity index (χ1) is 23.6. The number of carbonyl (C=O) groups excluding carboxylic acids is 3. The number of carbonyl (C=O) groups is 4. The van der Waals surface area contributed by atoms with E-state index in [-0.39, 0.29) is 24.3 Å². The normalized spacial score (nSPS) is 16.8. The van der Waals surface area contributed by atoms with Crippen molar-refractivity contribution in [2.45, 2.75) is 64.6 Å². The molecule has 0 unspecified atom stereocenters. The molecule has 2 aromatic rings. The van der Waals surface area contributed by atoms with Gasteiger partial charge < -0.3 is 44.1 Å². The Kier molecular flexibility index (Phi) is 14.7. The van der Waals surface area contributed by atoms with E-state index >= 15 is 0 Å². The van der Waals surface area contributed by atoms with E-state index in [2.05, 4.69) is 16.0 Å². The number of nitrogens with one attached hydrogen (secondary N) is 1. The van der Waals surface area contributed by atoms with Crippen LogP contribution in [0.25, 0.3) is 10.9 Å². The fourth-order valence-corrected chi connectivity index (χ4v) is 6.57. The Bertz CT molecular complexity index is 1400. The van der Waals surface area contributed by atoms with Crippen LogP contribution >= 0.6 is 0 Å². The summed E-state index contributed by atoms with van der Waals surface area (Å²) in [7, 11) is 1.34. The maximum Gasteiger partial charge on any atom is 0.407 e. The van der Waals surface area contributed by atoms with Crippen molar-refractivity contribution in [2.24, 2.45) is 5.92 Å². The molecule has 2 aliphatic rings. The highest BCUT2D eigenvalue weighted by atomic mass is 16.5. The molecule has 1 saturated carbocycles. The van der Waals surface area contributed by atoms with Gasteiger partial charge >= 0.3 is 6.09 Å². The van der Waals surface area contributed by atoms with Crippen LogP contribution < -0.4 is 5.32 Å². The zero-order valence-corrected chi connectivity index (χ0v) is 29.1. The molecule has 14 heteroatoms. The molecule has 14 nitrogen and oxygen atoms in total. The number of carboxylic acid groups (broad SMARTS) is 1. The van der Waals surface area contributed by atoms with Gasteiger partial charge in [0.15, 0.2) is 0 Å². The topological polar surface area (TPSA) is 163 Å². The summed E-state index contributed by atoms with van der Waals surface area (Å²) < 4.78 is 18.5. The Morgan fingerprint density at radius 1 is 0.898 bits per heavy atom. The van der Waals surface area contributed by atoms with E-state index in [4.69, 9.17) is 19.3 Å². The number of ether oxygens (including phenoxy) is 3. The molecule has 1 aliphatic heterocycles. The Morgan fingerprint density at radius 2 is 1.51 bits per heavy atom. The summed E-state index contributed by atoms with van der Waals surface area (Å²) in [5.74, 6) is -0.760. The van der Waals surface area contributed by atoms with Crippen molar-refractivity contribution in [3.8, 4) is 0 Å². The molecule has 2 fully saturated rings. The third-order valence-corrected chi connectivity index (χ3v) is 9.62. The summed E-state index contributed by atoms with van der Waals surface area (Å²) in [6, 6.07) is 6.12. The Morgan fingerprint density at radius 3 is 2.14 bits per heavy atom. The average Bonchev–Trinajstić information content (AvgIpc) is 3.43. The lowest BCUT2D eigenvalue weighted by atomic mass is 9.83. The number of aryl methyl sites for hydroxylation is 1. The number of aromatic nitrogens is 1. The summed E-state index contributed by atoms with van der Waals surface area (Å²) >= 11 is 0. The van der Waals surface area contributed by atoms with E-state index in [0.29, 0.717) is 77.9 Å². The van der Waals surface area contributed by atoms with Crippen LogP contribution in [-0.2, 0) is 30.3 Å².